The van der Waals surface area contributed by atoms with E-state index in [0.29, 0.717) is 12.1 Å². The summed E-state index contributed by atoms with van der Waals surface area (Å²) in [5, 5.41) is 0. The molecule has 1 heterocycles. The van der Waals surface area contributed by atoms with E-state index in [2.05, 4.69) is 51.7 Å². The average Bonchev–Trinajstić information content (AvgIpc) is 2.32. The van der Waals surface area contributed by atoms with Crippen molar-refractivity contribution >= 4 is 0 Å². The van der Waals surface area contributed by atoms with Gasteiger partial charge in [0.25, 0.3) is 0 Å². The van der Waals surface area contributed by atoms with Crippen LogP contribution >= 0.6 is 0 Å². The van der Waals surface area contributed by atoms with E-state index in [9.17, 15) is 0 Å². The average molecular weight is 274 g/mol. The van der Waals surface area contributed by atoms with Gasteiger partial charge >= 0.3 is 0 Å². The summed E-state index contributed by atoms with van der Waals surface area (Å²) in [5.74, 6) is 0. The minimum absolute atomic E-state index is 0.124. The summed E-state index contributed by atoms with van der Waals surface area (Å²) in [4.78, 5) is 2.60. The zero-order valence-electron chi connectivity index (χ0n) is 13.7. The van der Waals surface area contributed by atoms with Gasteiger partial charge in [0.1, 0.15) is 0 Å². The Bertz CT molecular complexity index is 433. The Hall–Kier alpha value is -0.860. The van der Waals surface area contributed by atoms with E-state index >= 15 is 0 Å². The molecule has 0 radical (unpaired) electrons. The second kappa shape index (κ2) is 6.28. The fraction of sp³-hybridized carbons (Fsp3) is 0.667. The highest BCUT2D eigenvalue weighted by Gasteiger charge is 2.27. The van der Waals surface area contributed by atoms with E-state index in [0.717, 1.165) is 6.54 Å². The maximum absolute atomic E-state index is 6.56. The lowest BCUT2D eigenvalue weighted by Gasteiger charge is -2.40. The second-order valence-corrected chi connectivity index (χ2v) is 6.74. The van der Waals surface area contributed by atoms with E-state index < -0.39 is 0 Å². The zero-order chi connectivity index (χ0) is 14.9. The third kappa shape index (κ3) is 3.24. The highest BCUT2D eigenvalue weighted by atomic mass is 15.2. The lowest BCUT2D eigenvalue weighted by molar-refractivity contribution is 0.0960. The third-order valence-electron chi connectivity index (χ3n) is 4.89. The van der Waals surface area contributed by atoms with Crippen LogP contribution < -0.4 is 5.73 Å². The van der Waals surface area contributed by atoms with Crippen LogP contribution in [0.25, 0.3) is 0 Å². The number of aryl methyl sites for hydroxylation is 3. The van der Waals surface area contributed by atoms with Crippen LogP contribution in [-0.2, 0) is 0 Å². The van der Waals surface area contributed by atoms with Crippen LogP contribution in [0, 0.1) is 20.8 Å². The fourth-order valence-corrected chi connectivity index (χ4v) is 3.93. The Labute approximate surface area is 124 Å². The summed E-state index contributed by atoms with van der Waals surface area (Å²) in [6.07, 6.45) is 3.97. The molecular weight excluding hydrogens is 244 g/mol. The van der Waals surface area contributed by atoms with Crippen molar-refractivity contribution < 1.29 is 0 Å². The molecule has 0 bridgehead atoms. The van der Waals surface area contributed by atoms with Gasteiger partial charge in [-0.1, -0.05) is 24.1 Å². The Balaban J connectivity index is 2.17. The Kier molecular flexibility index (Phi) is 4.87. The van der Waals surface area contributed by atoms with E-state index in [1.165, 1.54) is 41.5 Å². The molecule has 2 nitrogen and oxygen atoms in total. The monoisotopic (exact) mass is 274 g/mol. The zero-order valence-corrected chi connectivity index (χ0v) is 13.7. The molecule has 0 aromatic heterocycles. The van der Waals surface area contributed by atoms with Gasteiger partial charge in [0.2, 0.25) is 0 Å². The Morgan fingerprint density at radius 3 is 2.10 bits per heavy atom. The summed E-state index contributed by atoms with van der Waals surface area (Å²) < 4.78 is 0. The van der Waals surface area contributed by atoms with Gasteiger partial charge in [-0.2, -0.15) is 0 Å². The first kappa shape index (κ1) is 15.5. The predicted molar refractivity (Wildman–Crippen MR) is 87.1 cm³/mol. The molecule has 0 aliphatic carbocycles. The summed E-state index contributed by atoms with van der Waals surface area (Å²) in [6, 6.07) is 5.96. The van der Waals surface area contributed by atoms with Gasteiger partial charge in [0.15, 0.2) is 0 Å². The van der Waals surface area contributed by atoms with Crippen LogP contribution in [-0.4, -0.2) is 23.5 Å². The second-order valence-electron chi connectivity index (χ2n) is 6.74. The molecule has 1 aromatic rings. The highest BCUT2D eigenvalue weighted by molar-refractivity contribution is 5.39. The van der Waals surface area contributed by atoms with Crippen molar-refractivity contribution in [2.75, 3.05) is 6.54 Å². The van der Waals surface area contributed by atoms with Crippen LogP contribution in [0.1, 0.15) is 61.4 Å². The quantitative estimate of drug-likeness (QED) is 0.906. The number of rotatable bonds is 3. The third-order valence-corrected chi connectivity index (χ3v) is 4.89. The van der Waals surface area contributed by atoms with Crippen molar-refractivity contribution in [1.82, 2.24) is 4.90 Å². The van der Waals surface area contributed by atoms with Crippen LogP contribution in [0.3, 0.4) is 0 Å². The van der Waals surface area contributed by atoms with Crippen molar-refractivity contribution in [3.8, 4) is 0 Å². The van der Waals surface area contributed by atoms with Crippen LogP contribution in [0.15, 0.2) is 12.1 Å². The first-order valence-corrected chi connectivity index (χ1v) is 7.99. The number of hydrogen-bond acceptors (Lipinski definition) is 2. The van der Waals surface area contributed by atoms with Crippen molar-refractivity contribution in [3.05, 3.63) is 34.4 Å². The van der Waals surface area contributed by atoms with Crippen molar-refractivity contribution in [2.24, 2.45) is 5.73 Å². The maximum atomic E-state index is 6.56. The number of piperidine rings is 1. The van der Waals surface area contributed by atoms with Gasteiger partial charge in [-0.05, 0) is 64.2 Å². The normalized spacial score (nSPS) is 25.7. The standard InChI is InChI=1S/C18H30N2/c1-12-9-13(2)18(14(3)10-12)17(19)11-20-15(4)7-6-8-16(20)5/h9-10,15-17H,6-8,11,19H2,1-5H3. The Morgan fingerprint density at radius 2 is 1.60 bits per heavy atom. The lowest BCUT2D eigenvalue weighted by Crippen LogP contribution is -2.47. The number of nitrogens with two attached hydrogens (primary N) is 1. The number of nitrogens with zero attached hydrogens (tertiary/aromatic N) is 1. The van der Waals surface area contributed by atoms with Gasteiger partial charge < -0.3 is 5.73 Å². The van der Waals surface area contributed by atoms with Crippen LogP contribution in [0.4, 0.5) is 0 Å². The topological polar surface area (TPSA) is 29.3 Å². The molecule has 1 fully saturated rings. The van der Waals surface area contributed by atoms with Crippen LogP contribution in [0.2, 0.25) is 0 Å². The molecule has 1 aromatic carbocycles. The molecule has 2 N–H and O–H groups in total. The van der Waals surface area contributed by atoms with Gasteiger partial charge in [-0.25, -0.2) is 0 Å². The number of hydrogen-bond donors (Lipinski definition) is 1. The molecule has 2 heteroatoms. The van der Waals surface area contributed by atoms with Gasteiger partial charge in [-0.15, -0.1) is 0 Å². The molecule has 0 amide bonds. The molecule has 3 unspecified atom stereocenters. The maximum Gasteiger partial charge on any atom is 0.0429 e. The molecule has 1 saturated heterocycles. The van der Waals surface area contributed by atoms with Crippen molar-refractivity contribution in [2.45, 2.75) is 72.0 Å². The fourth-order valence-electron chi connectivity index (χ4n) is 3.93. The highest BCUT2D eigenvalue weighted by Crippen LogP contribution is 2.27. The summed E-state index contributed by atoms with van der Waals surface area (Å²) in [7, 11) is 0. The lowest BCUT2D eigenvalue weighted by atomic mass is 9.92. The first-order valence-electron chi connectivity index (χ1n) is 7.99. The molecule has 1 aliphatic rings. The minimum atomic E-state index is 0.124. The van der Waals surface area contributed by atoms with Gasteiger partial charge in [0.05, 0.1) is 0 Å². The largest absolute Gasteiger partial charge is 0.323 e. The van der Waals surface area contributed by atoms with Crippen LogP contribution in [0.5, 0.6) is 0 Å². The number of benzene rings is 1. The molecular formula is C18H30N2. The molecule has 3 atom stereocenters. The smallest absolute Gasteiger partial charge is 0.0429 e. The SMILES string of the molecule is Cc1cc(C)c(C(N)CN2C(C)CCCC2C)c(C)c1. The van der Waals surface area contributed by atoms with Crippen molar-refractivity contribution in [3.63, 3.8) is 0 Å². The molecule has 1 aliphatic heterocycles. The Morgan fingerprint density at radius 1 is 1.10 bits per heavy atom. The predicted octanol–water partition coefficient (Wildman–Crippen LogP) is 3.87. The van der Waals surface area contributed by atoms with E-state index in [-0.39, 0.29) is 6.04 Å². The van der Waals surface area contributed by atoms with Crippen molar-refractivity contribution in [1.29, 1.82) is 0 Å². The summed E-state index contributed by atoms with van der Waals surface area (Å²) in [5.41, 5.74) is 11.9. The van der Waals surface area contributed by atoms with E-state index in [1.54, 1.807) is 0 Å². The van der Waals surface area contributed by atoms with E-state index in [4.69, 9.17) is 5.73 Å². The van der Waals surface area contributed by atoms with Gasteiger partial charge in [0, 0.05) is 24.7 Å². The summed E-state index contributed by atoms with van der Waals surface area (Å²) in [6.45, 7) is 12.2. The molecule has 0 spiro atoms. The summed E-state index contributed by atoms with van der Waals surface area (Å²) >= 11 is 0. The van der Waals surface area contributed by atoms with Gasteiger partial charge in [-0.3, -0.25) is 4.90 Å². The molecule has 20 heavy (non-hydrogen) atoms. The number of likely N-dealkylation sites (tertiary alicyclic amines) is 1. The molecule has 0 saturated carbocycles. The molecule has 112 valence electrons. The first-order chi connectivity index (χ1) is 9.40. The molecule has 2 rings (SSSR count). The minimum Gasteiger partial charge on any atom is -0.323 e. The van der Waals surface area contributed by atoms with E-state index in [1.807, 2.05) is 0 Å².